The number of fused-ring (bicyclic) bond motifs is 1. The first kappa shape index (κ1) is 15.9. The average Bonchev–Trinajstić information content (AvgIpc) is 2.92. The Morgan fingerprint density at radius 1 is 1.12 bits per heavy atom. The number of halogens is 3. The molecule has 0 amide bonds. The molecule has 3 aromatic rings. The lowest BCUT2D eigenvalue weighted by Crippen LogP contribution is -2.04. The molecule has 0 saturated carbocycles. The first-order valence-corrected chi connectivity index (χ1v) is 6.82. The fourth-order valence-corrected chi connectivity index (χ4v) is 2.43. The van der Waals surface area contributed by atoms with Crippen LogP contribution in [0.4, 0.5) is 13.2 Å². The van der Waals surface area contributed by atoms with Crippen LogP contribution in [0.25, 0.3) is 22.3 Å². The Labute approximate surface area is 134 Å². The van der Waals surface area contributed by atoms with E-state index in [1.54, 1.807) is 12.1 Å². The molecular weight excluding hydrogens is 325 g/mol. The Morgan fingerprint density at radius 2 is 1.79 bits per heavy atom. The van der Waals surface area contributed by atoms with Crippen LogP contribution in [0.2, 0.25) is 0 Å². The molecule has 4 nitrogen and oxygen atoms in total. The first-order chi connectivity index (χ1) is 11.3. The average molecular weight is 336 g/mol. The second-order valence-corrected chi connectivity index (χ2v) is 5.05. The lowest BCUT2D eigenvalue weighted by Gasteiger charge is -2.07. The van der Waals surface area contributed by atoms with Crippen molar-refractivity contribution in [1.29, 1.82) is 0 Å². The van der Waals surface area contributed by atoms with Gasteiger partial charge >= 0.3 is 12.1 Å². The molecular formula is C17H11F3O4. The quantitative estimate of drug-likeness (QED) is 0.744. The summed E-state index contributed by atoms with van der Waals surface area (Å²) < 4.78 is 48.6. The maximum atomic E-state index is 12.6. The van der Waals surface area contributed by atoms with Crippen molar-refractivity contribution in [2.24, 2.45) is 0 Å². The molecule has 7 heteroatoms. The van der Waals surface area contributed by atoms with Gasteiger partial charge in [-0.25, -0.2) is 4.79 Å². The third kappa shape index (κ3) is 2.68. The van der Waals surface area contributed by atoms with E-state index >= 15 is 0 Å². The largest absolute Gasteiger partial charge is 0.497 e. The monoisotopic (exact) mass is 336 g/mol. The minimum absolute atomic E-state index is 0.000484. The number of hydrogen-bond donors (Lipinski definition) is 1. The van der Waals surface area contributed by atoms with Crippen LogP contribution in [-0.4, -0.2) is 18.2 Å². The van der Waals surface area contributed by atoms with Crippen molar-refractivity contribution in [1.82, 2.24) is 0 Å². The highest BCUT2D eigenvalue weighted by Gasteiger charge is 2.30. The minimum atomic E-state index is -4.46. The van der Waals surface area contributed by atoms with Gasteiger partial charge in [-0.15, -0.1) is 0 Å². The van der Waals surface area contributed by atoms with Gasteiger partial charge in [-0.1, -0.05) is 12.1 Å². The van der Waals surface area contributed by atoms with Crippen molar-refractivity contribution in [3.8, 4) is 17.1 Å². The van der Waals surface area contributed by atoms with Crippen molar-refractivity contribution >= 4 is 16.9 Å². The van der Waals surface area contributed by atoms with Gasteiger partial charge in [0.05, 0.1) is 12.7 Å². The molecule has 0 bridgehead atoms. The standard InChI is InChI=1S/C17H11F3O4/c1-23-11-6-7-13-12(8-11)14(16(21)22)15(24-13)9-2-4-10(5-3-9)17(18,19)20/h2-8H,1H3,(H,21,22). The van der Waals surface area contributed by atoms with E-state index in [1.807, 2.05) is 0 Å². The van der Waals surface area contributed by atoms with E-state index in [9.17, 15) is 23.1 Å². The summed E-state index contributed by atoms with van der Waals surface area (Å²) in [7, 11) is 1.44. The SMILES string of the molecule is COc1ccc2oc(-c3ccc(C(F)(F)F)cc3)c(C(=O)O)c2c1. The van der Waals surface area contributed by atoms with Crippen LogP contribution < -0.4 is 4.74 Å². The molecule has 0 aliphatic carbocycles. The molecule has 0 saturated heterocycles. The summed E-state index contributed by atoms with van der Waals surface area (Å²) in [4.78, 5) is 11.6. The van der Waals surface area contributed by atoms with Gasteiger partial charge in [0, 0.05) is 10.9 Å². The second-order valence-electron chi connectivity index (χ2n) is 5.05. The summed E-state index contributed by atoms with van der Waals surface area (Å²) in [6.45, 7) is 0. The predicted octanol–water partition coefficient (Wildman–Crippen LogP) is 4.83. The Bertz CT molecular complexity index is 908. The maximum absolute atomic E-state index is 12.6. The summed E-state index contributed by atoms with van der Waals surface area (Å²) in [6, 6.07) is 8.80. The Hall–Kier alpha value is -2.96. The molecule has 0 radical (unpaired) electrons. The van der Waals surface area contributed by atoms with E-state index < -0.39 is 17.7 Å². The molecule has 0 fully saturated rings. The molecule has 0 spiro atoms. The zero-order chi connectivity index (χ0) is 17.5. The van der Waals surface area contributed by atoms with Crippen LogP contribution in [0.3, 0.4) is 0 Å². The van der Waals surface area contributed by atoms with Crippen LogP contribution in [-0.2, 0) is 6.18 Å². The molecule has 3 rings (SSSR count). The number of carboxylic acid groups (broad SMARTS) is 1. The van der Waals surface area contributed by atoms with Crippen molar-refractivity contribution in [2.45, 2.75) is 6.18 Å². The third-order valence-electron chi connectivity index (χ3n) is 3.58. The number of furan rings is 1. The summed E-state index contributed by atoms with van der Waals surface area (Å²) >= 11 is 0. The van der Waals surface area contributed by atoms with Crippen LogP contribution >= 0.6 is 0 Å². The van der Waals surface area contributed by atoms with E-state index in [0.29, 0.717) is 16.7 Å². The maximum Gasteiger partial charge on any atom is 0.416 e. The number of benzene rings is 2. The van der Waals surface area contributed by atoms with Gasteiger partial charge in [-0.2, -0.15) is 13.2 Å². The smallest absolute Gasteiger partial charge is 0.416 e. The number of alkyl halides is 3. The second kappa shape index (κ2) is 5.59. The Morgan fingerprint density at radius 3 is 2.33 bits per heavy atom. The number of carbonyl (C=O) groups is 1. The van der Waals surface area contributed by atoms with E-state index in [0.717, 1.165) is 12.1 Å². The van der Waals surface area contributed by atoms with Gasteiger partial charge in [-0.3, -0.25) is 0 Å². The summed E-state index contributed by atoms with van der Waals surface area (Å²) in [5, 5.41) is 9.80. The van der Waals surface area contributed by atoms with Crippen LogP contribution in [0, 0.1) is 0 Å². The highest BCUT2D eigenvalue weighted by atomic mass is 19.4. The third-order valence-corrected chi connectivity index (χ3v) is 3.58. The van der Waals surface area contributed by atoms with Crippen LogP contribution in [0.5, 0.6) is 5.75 Å². The number of methoxy groups -OCH3 is 1. The van der Waals surface area contributed by atoms with Crippen LogP contribution in [0.1, 0.15) is 15.9 Å². The molecule has 0 aliphatic heterocycles. The highest BCUT2D eigenvalue weighted by molar-refractivity contribution is 6.08. The summed E-state index contributed by atoms with van der Waals surface area (Å²) in [5.41, 5.74) is -0.386. The van der Waals surface area contributed by atoms with Gasteiger partial charge in [-0.05, 0) is 30.3 Å². The molecule has 24 heavy (non-hydrogen) atoms. The van der Waals surface area contributed by atoms with Gasteiger partial charge in [0.2, 0.25) is 0 Å². The van der Waals surface area contributed by atoms with Gasteiger partial charge in [0.1, 0.15) is 22.7 Å². The Balaban J connectivity index is 2.18. The predicted molar refractivity (Wildman–Crippen MR) is 80.2 cm³/mol. The molecule has 0 aliphatic rings. The summed E-state index contributed by atoms with van der Waals surface area (Å²) in [6.07, 6.45) is -4.46. The zero-order valence-electron chi connectivity index (χ0n) is 12.3. The normalized spacial score (nSPS) is 11.7. The lowest BCUT2D eigenvalue weighted by atomic mass is 10.0. The number of carboxylic acids is 1. The molecule has 0 unspecified atom stereocenters. The number of aromatic carboxylic acids is 1. The molecule has 1 heterocycles. The minimum Gasteiger partial charge on any atom is -0.497 e. The van der Waals surface area contributed by atoms with E-state index in [-0.39, 0.29) is 16.9 Å². The van der Waals surface area contributed by atoms with E-state index in [4.69, 9.17) is 9.15 Å². The van der Waals surface area contributed by atoms with Gasteiger partial charge in [0.15, 0.2) is 0 Å². The highest BCUT2D eigenvalue weighted by Crippen LogP contribution is 2.37. The fourth-order valence-electron chi connectivity index (χ4n) is 2.43. The van der Waals surface area contributed by atoms with Crippen molar-refractivity contribution < 1.29 is 32.2 Å². The van der Waals surface area contributed by atoms with Gasteiger partial charge < -0.3 is 14.3 Å². The molecule has 2 aromatic carbocycles. The topological polar surface area (TPSA) is 59.7 Å². The van der Waals surface area contributed by atoms with E-state index in [2.05, 4.69) is 0 Å². The fraction of sp³-hybridized carbons (Fsp3) is 0.118. The van der Waals surface area contributed by atoms with Crippen molar-refractivity contribution in [3.05, 3.63) is 53.6 Å². The Kier molecular flexibility index (Phi) is 3.71. The number of ether oxygens (including phenoxy) is 1. The first-order valence-electron chi connectivity index (χ1n) is 6.82. The number of rotatable bonds is 3. The van der Waals surface area contributed by atoms with Gasteiger partial charge in [0.25, 0.3) is 0 Å². The molecule has 1 N–H and O–H groups in total. The number of hydrogen-bond acceptors (Lipinski definition) is 3. The zero-order valence-corrected chi connectivity index (χ0v) is 12.3. The molecule has 0 atom stereocenters. The van der Waals surface area contributed by atoms with E-state index in [1.165, 1.54) is 25.3 Å². The molecule has 1 aromatic heterocycles. The van der Waals surface area contributed by atoms with Crippen LogP contribution in [0.15, 0.2) is 46.9 Å². The van der Waals surface area contributed by atoms with Crippen molar-refractivity contribution in [2.75, 3.05) is 7.11 Å². The lowest BCUT2D eigenvalue weighted by molar-refractivity contribution is -0.137. The molecule has 124 valence electrons. The van der Waals surface area contributed by atoms with Crippen molar-refractivity contribution in [3.63, 3.8) is 0 Å². The summed E-state index contributed by atoms with van der Waals surface area (Å²) in [5.74, 6) is -0.791.